The molecule has 1 saturated heterocycles. The van der Waals surface area contributed by atoms with Crippen molar-refractivity contribution >= 4 is 5.82 Å². The zero-order valence-corrected chi connectivity index (χ0v) is 20.2. The third-order valence-corrected chi connectivity index (χ3v) is 6.28. The van der Waals surface area contributed by atoms with Crippen LogP contribution in [-0.2, 0) is 6.54 Å². The van der Waals surface area contributed by atoms with Crippen LogP contribution in [0.25, 0.3) is 0 Å². The second-order valence-electron chi connectivity index (χ2n) is 9.57. The lowest BCUT2D eigenvalue weighted by atomic mass is 9.89. The second kappa shape index (κ2) is 11.0. The van der Waals surface area contributed by atoms with E-state index in [2.05, 4.69) is 36.1 Å². The summed E-state index contributed by atoms with van der Waals surface area (Å²) < 4.78 is 19.3. The molecule has 0 aliphatic carbocycles. The van der Waals surface area contributed by atoms with Crippen molar-refractivity contribution < 1.29 is 14.2 Å². The minimum absolute atomic E-state index is 0.316. The van der Waals surface area contributed by atoms with Crippen molar-refractivity contribution in [2.45, 2.75) is 38.8 Å². The SMILES string of the molecule is CC(C)COc1ccc(CNc2nccc(C3CCN(C)C3)c2C(O)c2ccc(F)cc2)cc1. The number of rotatable bonds is 9. The first-order chi connectivity index (χ1) is 16.4. The van der Waals surface area contributed by atoms with Gasteiger partial charge in [0.1, 0.15) is 23.5 Å². The third kappa shape index (κ3) is 5.93. The Morgan fingerprint density at radius 1 is 1.12 bits per heavy atom. The molecule has 34 heavy (non-hydrogen) atoms. The van der Waals surface area contributed by atoms with Gasteiger partial charge in [0.15, 0.2) is 0 Å². The molecule has 1 aliphatic heterocycles. The fourth-order valence-corrected chi connectivity index (χ4v) is 4.43. The Bertz CT molecular complexity index is 1070. The van der Waals surface area contributed by atoms with E-state index in [1.807, 2.05) is 30.3 Å². The van der Waals surface area contributed by atoms with Gasteiger partial charge >= 0.3 is 0 Å². The number of aromatic nitrogens is 1. The summed E-state index contributed by atoms with van der Waals surface area (Å²) in [7, 11) is 2.12. The molecule has 2 heterocycles. The number of nitrogens with one attached hydrogen (secondary N) is 1. The van der Waals surface area contributed by atoms with E-state index in [1.165, 1.54) is 12.1 Å². The highest BCUT2D eigenvalue weighted by Gasteiger charge is 2.28. The van der Waals surface area contributed by atoms with E-state index >= 15 is 0 Å². The van der Waals surface area contributed by atoms with Crippen molar-refractivity contribution in [3.8, 4) is 5.75 Å². The number of benzene rings is 2. The third-order valence-electron chi connectivity index (χ3n) is 6.28. The Balaban J connectivity index is 1.58. The molecule has 3 aromatic rings. The molecular weight excluding hydrogens is 429 g/mol. The molecule has 2 unspecified atom stereocenters. The maximum absolute atomic E-state index is 13.5. The summed E-state index contributed by atoms with van der Waals surface area (Å²) >= 11 is 0. The number of likely N-dealkylation sites (N-methyl/N-ethyl adjacent to an activating group) is 1. The Morgan fingerprint density at radius 2 is 1.85 bits per heavy atom. The van der Waals surface area contributed by atoms with E-state index in [4.69, 9.17) is 4.74 Å². The molecular formula is C28H34FN3O2. The molecule has 1 fully saturated rings. The Kier molecular flexibility index (Phi) is 7.80. The average Bonchev–Trinajstić information content (AvgIpc) is 3.28. The van der Waals surface area contributed by atoms with E-state index in [0.717, 1.165) is 42.0 Å². The summed E-state index contributed by atoms with van der Waals surface area (Å²) in [6.45, 7) is 7.46. The lowest BCUT2D eigenvalue weighted by Crippen LogP contribution is -2.16. The monoisotopic (exact) mass is 463 g/mol. The fraction of sp³-hybridized carbons (Fsp3) is 0.393. The predicted octanol–water partition coefficient (Wildman–Crippen LogP) is 5.37. The van der Waals surface area contributed by atoms with Gasteiger partial charge in [0, 0.05) is 24.8 Å². The molecule has 0 saturated carbocycles. The van der Waals surface area contributed by atoms with Crippen molar-refractivity contribution in [1.29, 1.82) is 0 Å². The molecule has 6 heteroatoms. The summed E-state index contributed by atoms with van der Waals surface area (Å²) in [4.78, 5) is 6.89. The highest BCUT2D eigenvalue weighted by atomic mass is 19.1. The van der Waals surface area contributed by atoms with Crippen LogP contribution in [0.1, 0.15) is 54.5 Å². The van der Waals surface area contributed by atoms with Gasteiger partial charge in [-0.2, -0.15) is 0 Å². The fourth-order valence-electron chi connectivity index (χ4n) is 4.43. The van der Waals surface area contributed by atoms with Crippen LogP contribution in [0.5, 0.6) is 5.75 Å². The molecule has 4 rings (SSSR count). The number of aliphatic hydroxyl groups is 1. The number of likely N-dealkylation sites (tertiary alicyclic amines) is 1. The minimum atomic E-state index is -0.899. The molecule has 0 bridgehead atoms. The molecule has 1 aromatic heterocycles. The van der Waals surface area contributed by atoms with E-state index in [0.29, 0.717) is 36.4 Å². The zero-order chi connectivity index (χ0) is 24.1. The van der Waals surface area contributed by atoms with Crippen molar-refractivity contribution in [2.24, 2.45) is 5.92 Å². The standard InChI is InChI=1S/C28H34FN3O2/c1-19(2)18-34-24-10-4-20(5-11-24)16-31-28-26(27(33)21-6-8-23(29)9-7-21)25(12-14-30-28)22-13-15-32(3)17-22/h4-12,14,19,22,27,33H,13,15-18H2,1-3H3,(H,30,31). The molecule has 5 nitrogen and oxygen atoms in total. The van der Waals surface area contributed by atoms with Gasteiger partial charge in [0.05, 0.1) is 6.61 Å². The number of hydrogen-bond donors (Lipinski definition) is 2. The van der Waals surface area contributed by atoms with Crippen molar-refractivity contribution in [3.05, 3.63) is 88.9 Å². The van der Waals surface area contributed by atoms with Gasteiger partial charge in [-0.1, -0.05) is 38.1 Å². The zero-order valence-electron chi connectivity index (χ0n) is 20.2. The lowest BCUT2D eigenvalue weighted by Gasteiger charge is -2.23. The van der Waals surface area contributed by atoms with Gasteiger partial charge in [-0.05, 0) is 78.9 Å². The van der Waals surface area contributed by atoms with Gasteiger partial charge in [-0.3, -0.25) is 0 Å². The molecule has 0 radical (unpaired) electrons. The van der Waals surface area contributed by atoms with Gasteiger partial charge in [0.2, 0.25) is 0 Å². The van der Waals surface area contributed by atoms with Crippen LogP contribution in [0, 0.1) is 11.7 Å². The number of halogens is 1. The molecule has 0 amide bonds. The van der Waals surface area contributed by atoms with E-state index in [1.54, 1.807) is 18.3 Å². The highest BCUT2D eigenvalue weighted by molar-refractivity contribution is 5.54. The van der Waals surface area contributed by atoms with E-state index in [-0.39, 0.29) is 5.82 Å². The summed E-state index contributed by atoms with van der Waals surface area (Å²) in [5.74, 6) is 1.99. The summed E-state index contributed by atoms with van der Waals surface area (Å²) in [5.41, 5.74) is 3.60. The maximum Gasteiger partial charge on any atom is 0.132 e. The number of ether oxygens (including phenoxy) is 1. The first-order valence-corrected chi connectivity index (χ1v) is 12.0. The van der Waals surface area contributed by atoms with Gasteiger partial charge in [-0.15, -0.1) is 0 Å². The Labute approximate surface area is 201 Å². The van der Waals surface area contributed by atoms with Crippen LogP contribution in [0.15, 0.2) is 60.8 Å². The molecule has 2 atom stereocenters. The molecule has 1 aliphatic rings. The number of pyridine rings is 1. The van der Waals surface area contributed by atoms with Crippen LogP contribution >= 0.6 is 0 Å². The Morgan fingerprint density at radius 3 is 2.50 bits per heavy atom. The van der Waals surface area contributed by atoms with Crippen LogP contribution in [0.3, 0.4) is 0 Å². The first kappa shape index (κ1) is 24.2. The first-order valence-electron chi connectivity index (χ1n) is 12.0. The Hall–Kier alpha value is -2.96. The maximum atomic E-state index is 13.5. The minimum Gasteiger partial charge on any atom is -0.493 e. The second-order valence-corrected chi connectivity index (χ2v) is 9.57. The summed E-state index contributed by atoms with van der Waals surface area (Å²) in [6.07, 6.45) is 1.94. The van der Waals surface area contributed by atoms with Crippen molar-refractivity contribution in [1.82, 2.24) is 9.88 Å². The topological polar surface area (TPSA) is 57.6 Å². The van der Waals surface area contributed by atoms with Crippen molar-refractivity contribution in [2.75, 3.05) is 32.1 Å². The molecule has 2 N–H and O–H groups in total. The van der Waals surface area contributed by atoms with Gasteiger partial charge in [0.25, 0.3) is 0 Å². The highest BCUT2D eigenvalue weighted by Crippen LogP contribution is 2.37. The van der Waals surface area contributed by atoms with E-state index in [9.17, 15) is 9.50 Å². The van der Waals surface area contributed by atoms with E-state index < -0.39 is 6.10 Å². The van der Waals surface area contributed by atoms with Gasteiger partial charge in [-0.25, -0.2) is 9.37 Å². The molecule has 180 valence electrons. The van der Waals surface area contributed by atoms with Crippen LogP contribution in [0.4, 0.5) is 10.2 Å². The predicted molar refractivity (Wildman–Crippen MR) is 134 cm³/mol. The van der Waals surface area contributed by atoms with Crippen LogP contribution in [-0.4, -0.2) is 41.7 Å². The average molecular weight is 464 g/mol. The number of hydrogen-bond acceptors (Lipinski definition) is 5. The number of aliphatic hydroxyl groups excluding tert-OH is 1. The smallest absolute Gasteiger partial charge is 0.132 e. The molecule has 2 aromatic carbocycles. The largest absolute Gasteiger partial charge is 0.493 e. The lowest BCUT2D eigenvalue weighted by molar-refractivity contribution is 0.218. The normalized spacial score (nSPS) is 17.2. The summed E-state index contributed by atoms with van der Waals surface area (Å²) in [5, 5.41) is 14.8. The molecule has 0 spiro atoms. The quantitative estimate of drug-likeness (QED) is 0.447. The number of anilines is 1. The van der Waals surface area contributed by atoms with Crippen molar-refractivity contribution in [3.63, 3.8) is 0 Å². The van der Waals surface area contributed by atoms with Crippen LogP contribution in [0.2, 0.25) is 0 Å². The van der Waals surface area contributed by atoms with Gasteiger partial charge < -0.3 is 20.1 Å². The van der Waals surface area contributed by atoms with Crippen LogP contribution < -0.4 is 10.1 Å². The summed E-state index contributed by atoms with van der Waals surface area (Å²) in [6, 6.07) is 16.1. The number of nitrogens with zero attached hydrogens (tertiary/aromatic N) is 2.